The summed E-state index contributed by atoms with van der Waals surface area (Å²) in [6.45, 7) is 6.62. The van der Waals surface area contributed by atoms with E-state index in [1.807, 2.05) is 17.6 Å². The summed E-state index contributed by atoms with van der Waals surface area (Å²) in [6, 6.07) is 7.88. The molecule has 21 heavy (non-hydrogen) atoms. The van der Waals surface area contributed by atoms with Crippen molar-refractivity contribution in [2.75, 3.05) is 12.3 Å². The highest BCUT2D eigenvalue weighted by molar-refractivity contribution is 5.79. The van der Waals surface area contributed by atoms with E-state index in [9.17, 15) is 0 Å². The molecule has 3 rings (SSSR count). The first kappa shape index (κ1) is 13.4. The van der Waals surface area contributed by atoms with Crippen LogP contribution in [0.5, 0.6) is 5.88 Å². The number of nitrogen functional groups attached to an aromatic ring is 1. The molecule has 5 heteroatoms. The van der Waals surface area contributed by atoms with Crippen LogP contribution in [0.25, 0.3) is 16.9 Å². The SMILES string of the molecule is CCOc1nc(-n2cnc3cc(C)c(C)cc32)ccc1N. The molecule has 2 heterocycles. The van der Waals surface area contributed by atoms with Gasteiger partial charge < -0.3 is 10.5 Å². The number of pyridine rings is 1. The lowest BCUT2D eigenvalue weighted by molar-refractivity contribution is 0.328. The van der Waals surface area contributed by atoms with Gasteiger partial charge in [-0.3, -0.25) is 4.57 Å². The van der Waals surface area contributed by atoms with E-state index in [2.05, 4.69) is 35.9 Å². The molecule has 0 bridgehead atoms. The van der Waals surface area contributed by atoms with Gasteiger partial charge in [-0.1, -0.05) is 0 Å². The third kappa shape index (κ3) is 2.31. The standard InChI is InChI=1S/C16H18N4O/c1-4-21-16-12(17)5-6-15(19-16)20-9-18-13-7-10(2)11(3)8-14(13)20/h5-9H,4,17H2,1-3H3. The van der Waals surface area contributed by atoms with E-state index in [1.54, 1.807) is 12.4 Å². The van der Waals surface area contributed by atoms with Crippen molar-refractivity contribution >= 4 is 16.7 Å². The molecule has 0 spiro atoms. The number of nitrogens with zero attached hydrogens (tertiary/aromatic N) is 3. The summed E-state index contributed by atoms with van der Waals surface area (Å²) >= 11 is 0. The van der Waals surface area contributed by atoms with Crippen LogP contribution in [0, 0.1) is 13.8 Å². The fourth-order valence-corrected chi connectivity index (χ4v) is 2.27. The van der Waals surface area contributed by atoms with Crippen molar-refractivity contribution in [1.82, 2.24) is 14.5 Å². The lowest BCUT2D eigenvalue weighted by Crippen LogP contribution is -2.03. The van der Waals surface area contributed by atoms with Crippen LogP contribution < -0.4 is 10.5 Å². The molecule has 0 radical (unpaired) electrons. The maximum absolute atomic E-state index is 5.87. The molecule has 0 aliphatic rings. The Bertz CT molecular complexity index is 807. The lowest BCUT2D eigenvalue weighted by atomic mass is 10.1. The smallest absolute Gasteiger partial charge is 0.239 e. The summed E-state index contributed by atoms with van der Waals surface area (Å²) in [5.41, 5.74) is 10.8. The molecule has 0 amide bonds. The molecular formula is C16H18N4O. The minimum Gasteiger partial charge on any atom is -0.476 e. The first-order chi connectivity index (χ1) is 10.1. The molecule has 1 aromatic carbocycles. The highest BCUT2D eigenvalue weighted by Gasteiger charge is 2.10. The first-order valence-corrected chi connectivity index (χ1v) is 6.94. The molecule has 0 saturated heterocycles. The average molecular weight is 282 g/mol. The van der Waals surface area contributed by atoms with E-state index in [4.69, 9.17) is 10.5 Å². The van der Waals surface area contributed by atoms with Crippen molar-refractivity contribution in [3.05, 3.63) is 41.7 Å². The van der Waals surface area contributed by atoms with Gasteiger partial charge in [-0.15, -0.1) is 0 Å². The monoisotopic (exact) mass is 282 g/mol. The third-order valence-electron chi connectivity index (χ3n) is 3.57. The zero-order valence-corrected chi connectivity index (χ0v) is 12.4. The molecule has 2 N–H and O–H groups in total. The van der Waals surface area contributed by atoms with Crippen LogP contribution in [-0.2, 0) is 0 Å². The van der Waals surface area contributed by atoms with E-state index in [0.717, 1.165) is 16.9 Å². The molecule has 0 unspecified atom stereocenters. The van der Waals surface area contributed by atoms with Crippen LogP contribution in [0.15, 0.2) is 30.6 Å². The van der Waals surface area contributed by atoms with E-state index < -0.39 is 0 Å². The van der Waals surface area contributed by atoms with Crippen molar-refractivity contribution in [2.24, 2.45) is 0 Å². The predicted molar refractivity (Wildman–Crippen MR) is 83.9 cm³/mol. The van der Waals surface area contributed by atoms with Gasteiger partial charge >= 0.3 is 0 Å². The fraction of sp³-hybridized carbons (Fsp3) is 0.250. The quantitative estimate of drug-likeness (QED) is 0.802. The largest absolute Gasteiger partial charge is 0.476 e. The Morgan fingerprint density at radius 2 is 1.95 bits per heavy atom. The zero-order valence-electron chi connectivity index (χ0n) is 12.4. The molecule has 0 atom stereocenters. The normalized spacial score (nSPS) is 11.0. The number of imidazole rings is 1. The number of benzene rings is 1. The molecule has 2 aromatic heterocycles. The van der Waals surface area contributed by atoms with E-state index in [1.165, 1.54) is 11.1 Å². The summed E-state index contributed by atoms with van der Waals surface area (Å²) in [7, 11) is 0. The second kappa shape index (κ2) is 5.09. The molecular weight excluding hydrogens is 264 g/mol. The number of rotatable bonds is 3. The number of ether oxygens (including phenoxy) is 1. The van der Waals surface area contributed by atoms with Crippen LogP contribution in [0.4, 0.5) is 5.69 Å². The first-order valence-electron chi connectivity index (χ1n) is 6.94. The maximum Gasteiger partial charge on any atom is 0.239 e. The van der Waals surface area contributed by atoms with Gasteiger partial charge in [0.05, 0.1) is 23.3 Å². The van der Waals surface area contributed by atoms with Gasteiger partial charge in [0.2, 0.25) is 5.88 Å². The van der Waals surface area contributed by atoms with Gasteiger partial charge in [0.25, 0.3) is 0 Å². The number of hydrogen-bond donors (Lipinski definition) is 1. The molecule has 0 fully saturated rings. The average Bonchev–Trinajstić information content (AvgIpc) is 2.85. The molecule has 0 saturated carbocycles. The third-order valence-corrected chi connectivity index (χ3v) is 3.57. The Morgan fingerprint density at radius 1 is 1.19 bits per heavy atom. The van der Waals surface area contributed by atoms with Crippen molar-refractivity contribution in [2.45, 2.75) is 20.8 Å². The van der Waals surface area contributed by atoms with E-state index in [0.29, 0.717) is 18.2 Å². The molecule has 108 valence electrons. The van der Waals surface area contributed by atoms with E-state index >= 15 is 0 Å². The number of anilines is 1. The van der Waals surface area contributed by atoms with Gasteiger partial charge in [-0.05, 0) is 56.2 Å². The zero-order chi connectivity index (χ0) is 15.0. The van der Waals surface area contributed by atoms with Crippen LogP contribution >= 0.6 is 0 Å². The van der Waals surface area contributed by atoms with Gasteiger partial charge in [-0.25, -0.2) is 4.98 Å². The van der Waals surface area contributed by atoms with Gasteiger partial charge in [0.15, 0.2) is 0 Å². The molecule has 5 nitrogen and oxygen atoms in total. The molecule has 0 aliphatic heterocycles. The van der Waals surface area contributed by atoms with E-state index in [-0.39, 0.29) is 0 Å². The minimum absolute atomic E-state index is 0.459. The highest BCUT2D eigenvalue weighted by Crippen LogP contribution is 2.24. The van der Waals surface area contributed by atoms with Gasteiger partial charge in [-0.2, -0.15) is 4.98 Å². The van der Waals surface area contributed by atoms with Crippen molar-refractivity contribution in [1.29, 1.82) is 0 Å². The summed E-state index contributed by atoms with van der Waals surface area (Å²) < 4.78 is 7.41. The lowest BCUT2D eigenvalue weighted by Gasteiger charge is -2.09. The fourth-order valence-electron chi connectivity index (χ4n) is 2.27. The second-order valence-corrected chi connectivity index (χ2v) is 5.04. The van der Waals surface area contributed by atoms with Crippen molar-refractivity contribution in [3.8, 4) is 11.7 Å². The van der Waals surface area contributed by atoms with Gasteiger partial charge in [0, 0.05) is 0 Å². The summed E-state index contributed by atoms with van der Waals surface area (Å²) in [4.78, 5) is 8.93. The minimum atomic E-state index is 0.459. The van der Waals surface area contributed by atoms with Crippen molar-refractivity contribution < 1.29 is 4.74 Å². The molecule has 0 aliphatic carbocycles. The Kier molecular flexibility index (Phi) is 3.25. The van der Waals surface area contributed by atoms with Crippen LogP contribution in [0.3, 0.4) is 0 Å². The van der Waals surface area contributed by atoms with Crippen LogP contribution in [0.2, 0.25) is 0 Å². The summed E-state index contributed by atoms with van der Waals surface area (Å²) in [5.74, 6) is 1.21. The van der Waals surface area contributed by atoms with Gasteiger partial charge in [0.1, 0.15) is 12.1 Å². The molecule has 3 aromatic rings. The number of fused-ring (bicyclic) bond motifs is 1. The number of aromatic nitrogens is 3. The Balaban J connectivity index is 2.16. The Morgan fingerprint density at radius 3 is 2.71 bits per heavy atom. The summed E-state index contributed by atoms with van der Waals surface area (Å²) in [5, 5.41) is 0. The second-order valence-electron chi connectivity index (χ2n) is 5.04. The van der Waals surface area contributed by atoms with Crippen molar-refractivity contribution in [3.63, 3.8) is 0 Å². The number of nitrogens with two attached hydrogens (primary N) is 1. The van der Waals surface area contributed by atoms with Crippen LogP contribution in [-0.4, -0.2) is 21.1 Å². The Hall–Kier alpha value is -2.56. The number of aryl methyl sites for hydroxylation is 2. The topological polar surface area (TPSA) is 66.0 Å². The number of hydrogen-bond acceptors (Lipinski definition) is 4. The maximum atomic E-state index is 5.87. The summed E-state index contributed by atoms with van der Waals surface area (Å²) in [6.07, 6.45) is 1.78. The highest BCUT2D eigenvalue weighted by atomic mass is 16.5. The van der Waals surface area contributed by atoms with Crippen LogP contribution in [0.1, 0.15) is 18.1 Å². The predicted octanol–water partition coefficient (Wildman–Crippen LogP) is 3.02. The Labute approximate surface area is 123 Å².